The smallest absolute Gasteiger partial charge is 0.203 e. The summed E-state index contributed by atoms with van der Waals surface area (Å²) < 4.78 is 5.14. The van der Waals surface area contributed by atoms with Crippen LogP contribution in [0.1, 0.15) is 26.7 Å². The average molecular weight is 210 g/mol. The van der Waals surface area contributed by atoms with Crippen LogP contribution in [0.4, 0.5) is 11.6 Å². The number of methoxy groups -OCH3 is 1. The zero-order valence-electron chi connectivity index (χ0n) is 9.45. The van der Waals surface area contributed by atoms with E-state index in [0.29, 0.717) is 23.4 Å². The van der Waals surface area contributed by atoms with Crippen molar-refractivity contribution in [3.8, 4) is 5.75 Å². The molecule has 5 heteroatoms. The maximum atomic E-state index is 5.67. The molecule has 0 fully saturated rings. The predicted molar refractivity (Wildman–Crippen MR) is 61.0 cm³/mol. The second-order valence-electron chi connectivity index (χ2n) is 3.47. The highest BCUT2D eigenvalue weighted by Crippen LogP contribution is 2.26. The number of hydrogen-bond donors (Lipinski definition) is 2. The molecule has 5 nitrogen and oxygen atoms in total. The van der Waals surface area contributed by atoms with Gasteiger partial charge in [-0.3, -0.25) is 0 Å². The molecule has 0 saturated carbocycles. The number of nitrogens with one attached hydrogen (secondary N) is 1. The van der Waals surface area contributed by atoms with Crippen LogP contribution in [0, 0.1) is 0 Å². The highest BCUT2D eigenvalue weighted by atomic mass is 16.5. The first kappa shape index (κ1) is 11.6. The van der Waals surface area contributed by atoms with Gasteiger partial charge in [0.15, 0.2) is 11.6 Å². The van der Waals surface area contributed by atoms with E-state index in [9.17, 15) is 0 Å². The van der Waals surface area contributed by atoms with Crippen molar-refractivity contribution in [2.45, 2.75) is 32.7 Å². The number of ether oxygens (including phenoxy) is 1. The van der Waals surface area contributed by atoms with E-state index in [2.05, 4.69) is 29.1 Å². The van der Waals surface area contributed by atoms with Gasteiger partial charge in [-0.05, 0) is 13.3 Å². The maximum absolute atomic E-state index is 5.67. The fraction of sp³-hybridized carbons (Fsp3) is 0.600. The Balaban J connectivity index is 2.80. The molecule has 0 spiro atoms. The van der Waals surface area contributed by atoms with E-state index in [1.165, 1.54) is 6.33 Å². The Morgan fingerprint density at radius 3 is 2.87 bits per heavy atom. The molecule has 0 saturated heterocycles. The van der Waals surface area contributed by atoms with Crippen LogP contribution in [0.15, 0.2) is 6.33 Å². The minimum Gasteiger partial charge on any atom is -0.490 e. The van der Waals surface area contributed by atoms with Crippen molar-refractivity contribution >= 4 is 11.6 Å². The molecule has 0 aromatic carbocycles. The summed E-state index contributed by atoms with van der Waals surface area (Å²) >= 11 is 0. The molecular weight excluding hydrogens is 192 g/mol. The molecule has 0 bridgehead atoms. The van der Waals surface area contributed by atoms with Crippen LogP contribution < -0.4 is 15.8 Å². The summed E-state index contributed by atoms with van der Waals surface area (Å²) in [4.78, 5) is 7.97. The summed E-state index contributed by atoms with van der Waals surface area (Å²) in [5.41, 5.74) is 5.67. The molecule has 1 atom stereocenters. The number of rotatable bonds is 5. The van der Waals surface area contributed by atoms with E-state index in [4.69, 9.17) is 10.5 Å². The lowest BCUT2D eigenvalue weighted by Gasteiger charge is -2.16. The van der Waals surface area contributed by atoms with Gasteiger partial charge in [0.1, 0.15) is 6.33 Å². The largest absolute Gasteiger partial charge is 0.490 e. The van der Waals surface area contributed by atoms with E-state index in [1.807, 2.05) is 0 Å². The van der Waals surface area contributed by atoms with Crippen LogP contribution in [0.25, 0.3) is 0 Å². The monoisotopic (exact) mass is 210 g/mol. The summed E-state index contributed by atoms with van der Waals surface area (Å²) in [5.74, 6) is 1.53. The fourth-order valence-corrected chi connectivity index (χ4v) is 1.43. The summed E-state index contributed by atoms with van der Waals surface area (Å²) in [7, 11) is 1.56. The number of nitrogens with zero attached hydrogens (tertiary/aromatic N) is 2. The lowest BCUT2D eigenvalue weighted by atomic mass is 10.2. The zero-order valence-corrected chi connectivity index (χ0v) is 9.45. The summed E-state index contributed by atoms with van der Waals surface area (Å²) in [6.07, 6.45) is 3.63. The van der Waals surface area contributed by atoms with E-state index >= 15 is 0 Å². The Labute approximate surface area is 90.1 Å². The van der Waals surface area contributed by atoms with Crippen LogP contribution in [0.5, 0.6) is 5.75 Å². The number of aromatic nitrogens is 2. The molecule has 0 amide bonds. The van der Waals surface area contributed by atoms with Crippen molar-refractivity contribution in [2.75, 3.05) is 18.2 Å². The Bertz CT molecular complexity index is 316. The molecule has 0 radical (unpaired) electrons. The van der Waals surface area contributed by atoms with E-state index in [-0.39, 0.29) is 0 Å². The molecule has 3 N–H and O–H groups in total. The van der Waals surface area contributed by atoms with E-state index < -0.39 is 0 Å². The summed E-state index contributed by atoms with van der Waals surface area (Å²) in [6.45, 7) is 4.24. The van der Waals surface area contributed by atoms with Gasteiger partial charge in [-0.15, -0.1) is 0 Å². The van der Waals surface area contributed by atoms with Crippen molar-refractivity contribution in [3.63, 3.8) is 0 Å². The Kier molecular flexibility index (Phi) is 4.15. The first-order valence-corrected chi connectivity index (χ1v) is 5.10. The molecule has 0 aliphatic rings. The molecule has 84 valence electrons. The minimum atomic E-state index is 0.346. The minimum absolute atomic E-state index is 0.346. The van der Waals surface area contributed by atoms with Gasteiger partial charge in [-0.1, -0.05) is 13.3 Å². The van der Waals surface area contributed by atoms with Gasteiger partial charge in [0, 0.05) is 6.04 Å². The van der Waals surface area contributed by atoms with Crippen LogP contribution in [-0.2, 0) is 0 Å². The fourth-order valence-electron chi connectivity index (χ4n) is 1.43. The number of nitrogen functional groups attached to an aromatic ring is 1. The maximum Gasteiger partial charge on any atom is 0.203 e. The van der Waals surface area contributed by atoms with Gasteiger partial charge in [0.05, 0.1) is 7.11 Å². The molecule has 1 unspecified atom stereocenters. The van der Waals surface area contributed by atoms with Crippen LogP contribution in [-0.4, -0.2) is 23.1 Å². The van der Waals surface area contributed by atoms with Crippen molar-refractivity contribution in [2.24, 2.45) is 0 Å². The molecule has 1 heterocycles. The normalized spacial score (nSPS) is 12.2. The van der Waals surface area contributed by atoms with Crippen LogP contribution in [0.3, 0.4) is 0 Å². The molecule has 15 heavy (non-hydrogen) atoms. The standard InChI is InChI=1S/C10H18N4O/c1-4-5-7(2)14-10-8(15-3)9(11)12-6-13-10/h6-7H,4-5H2,1-3H3,(H3,11,12,13,14). The second kappa shape index (κ2) is 5.38. The topological polar surface area (TPSA) is 73.1 Å². The molecule has 1 aromatic rings. The molecule has 0 aliphatic carbocycles. The van der Waals surface area contributed by atoms with Gasteiger partial charge in [-0.25, -0.2) is 9.97 Å². The average Bonchev–Trinajstić information content (AvgIpc) is 2.18. The molecule has 1 aromatic heterocycles. The first-order valence-electron chi connectivity index (χ1n) is 5.10. The molecular formula is C10H18N4O. The third-order valence-corrected chi connectivity index (χ3v) is 2.14. The number of hydrogen-bond acceptors (Lipinski definition) is 5. The van der Waals surface area contributed by atoms with E-state index in [1.54, 1.807) is 7.11 Å². The van der Waals surface area contributed by atoms with Crippen molar-refractivity contribution < 1.29 is 4.74 Å². The third kappa shape index (κ3) is 2.97. The summed E-state index contributed by atoms with van der Waals surface area (Å²) in [6, 6.07) is 0.346. The second-order valence-corrected chi connectivity index (χ2v) is 3.47. The SMILES string of the molecule is CCCC(C)Nc1ncnc(N)c1OC. The first-order chi connectivity index (χ1) is 7.19. The number of anilines is 2. The van der Waals surface area contributed by atoms with Gasteiger partial charge >= 0.3 is 0 Å². The lowest BCUT2D eigenvalue weighted by Crippen LogP contribution is -2.16. The van der Waals surface area contributed by atoms with Crippen molar-refractivity contribution in [3.05, 3.63) is 6.33 Å². The highest BCUT2D eigenvalue weighted by Gasteiger charge is 2.11. The molecule has 0 aliphatic heterocycles. The van der Waals surface area contributed by atoms with Crippen molar-refractivity contribution in [1.29, 1.82) is 0 Å². The Morgan fingerprint density at radius 2 is 2.27 bits per heavy atom. The van der Waals surface area contributed by atoms with Gasteiger partial charge in [0.25, 0.3) is 0 Å². The zero-order chi connectivity index (χ0) is 11.3. The van der Waals surface area contributed by atoms with Gasteiger partial charge in [-0.2, -0.15) is 0 Å². The Morgan fingerprint density at radius 1 is 1.53 bits per heavy atom. The number of nitrogens with two attached hydrogens (primary N) is 1. The lowest BCUT2D eigenvalue weighted by molar-refractivity contribution is 0.414. The quantitative estimate of drug-likeness (QED) is 0.773. The third-order valence-electron chi connectivity index (χ3n) is 2.14. The molecule has 1 rings (SSSR count). The predicted octanol–water partition coefficient (Wildman–Crippen LogP) is 1.67. The van der Waals surface area contributed by atoms with Crippen LogP contribution >= 0.6 is 0 Å². The summed E-state index contributed by atoms with van der Waals surface area (Å²) in [5, 5.41) is 3.25. The van der Waals surface area contributed by atoms with Gasteiger partial charge in [0.2, 0.25) is 5.75 Å². The highest BCUT2D eigenvalue weighted by molar-refractivity contribution is 5.61. The van der Waals surface area contributed by atoms with Gasteiger partial charge < -0.3 is 15.8 Å². The Hall–Kier alpha value is -1.52. The van der Waals surface area contributed by atoms with E-state index in [0.717, 1.165) is 12.8 Å². The van der Waals surface area contributed by atoms with Crippen LogP contribution in [0.2, 0.25) is 0 Å². The van der Waals surface area contributed by atoms with Crippen molar-refractivity contribution in [1.82, 2.24) is 9.97 Å².